The molecule has 0 spiro atoms. The van der Waals surface area contributed by atoms with E-state index in [1.807, 2.05) is 0 Å². The van der Waals surface area contributed by atoms with Gasteiger partial charge in [0, 0.05) is 6.92 Å². The molecule has 1 fully saturated rings. The summed E-state index contributed by atoms with van der Waals surface area (Å²) in [5.74, 6) is -0.445. The molecule has 0 radical (unpaired) electrons. The van der Waals surface area contributed by atoms with Crippen LogP contribution in [-0.2, 0) is 9.53 Å². The van der Waals surface area contributed by atoms with Crippen LogP contribution in [0.4, 0.5) is 0 Å². The summed E-state index contributed by atoms with van der Waals surface area (Å²) >= 11 is 0. The molecule has 0 saturated carbocycles. The van der Waals surface area contributed by atoms with Crippen LogP contribution in [-0.4, -0.2) is 70.8 Å². The minimum absolute atomic E-state index is 0.445. The van der Waals surface area contributed by atoms with E-state index in [9.17, 15) is 20.1 Å². The van der Waals surface area contributed by atoms with Crippen molar-refractivity contribution in [2.45, 2.75) is 56.3 Å². The average Bonchev–Trinajstić information content (AvgIpc) is 2.27. The molecule has 0 bridgehead atoms. The van der Waals surface area contributed by atoms with Crippen molar-refractivity contribution in [3.05, 3.63) is 0 Å². The molecule has 1 heterocycles. The van der Waals surface area contributed by atoms with E-state index in [0.717, 1.165) is 0 Å². The van der Waals surface area contributed by atoms with Crippen molar-refractivity contribution in [2.24, 2.45) is 0 Å². The average molecular weight is 293 g/mol. The molecule has 0 aliphatic carbocycles. The summed E-state index contributed by atoms with van der Waals surface area (Å²) < 4.78 is 5.43. The zero-order valence-corrected chi connectivity index (χ0v) is 12.6. The summed E-state index contributed by atoms with van der Waals surface area (Å²) in [7, 11) is -2.40. The van der Waals surface area contributed by atoms with Gasteiger partial charge in [-0.3, -0.25) is 4.79 Å². The number of nitrogens with one attached hydrogen (secondary N) is 1. The summed E-state index contributed by atoms with van der Waals surface area (Å²) in [6.07, 6.45) is -3.87. The smallest absolute Gasteiger partial charge is 0.217 e. The molecule has 112 valence electrons. The first-order valence-corrected chi connectivity index (χ1v) is 9.69. The number of aliphatic hydroxyl groups is 4. The molecule has 0 aromatic heterocycles. The second-order valence-corrected chi connectivity index (χ2v) is 11.2. The third kappa shape index (κ3) is 2.98. The number of hydrogen-bond acceptors (Lipinski definition) is 6. The van der Waals surface area contributed by atoms with Gasteiger partial charge in [-0.2, -0.15) is 0 Å². The summed E-state index contributed by atoms with van der Waals surface area (Å²) in [5.41, 5.74) is -1.77. The van der Waals surface area contributed by atoms with E-state index in [1.165, 1.54) is 6.92 Å². The Morgan fingerprint density at radius 1 is 1.32 bits per heavy atom. The van der Waals surface area contributed by atoms with Crippen LogP contribution in [0.3, 0.4) is 0 Å². The number of carbonyl (C=O) groups is 1. The van der Waals surface area contributed by atoms with Gasteiger partial charge < -0.3 is 30.5 Å². The lowest BCUT2D eigenvalue weighted by Crippen LogP contribution is -2.77. The third-order valence-electron chi connectivity index (χ3n) is 3.44. The molecule has 19 heavy (non-hydrogen) atoms. The molecule has 5 N–H and O–H groups in total. The van der Waals surface area contributed by atoms with Gasteiger partial charge in [0.1, 0.15) is 32.4 Å². The Morgan fingerprint density at radius 3 is 2.21 bits per heavy atom. The molecule has 1 unspecified atom stereocenters. The predicted octanol–water partition coefficient (Wildman–Crippen LogP) is -1.83. The van der Waals surface area contributed by atoms with Crippen LogP contribution in [0.2, 0.25) is 19.6 Å². The predicted molar refractivity (Wildman–Crippen MR) is 69.9 cm³/mol. The van der Waals surface area contributed by atoms with E-state index in [0.29, 0.717) is 0 Å². The second-order valence-electron chi connectivity index (χ2n) is 5.94. The first kappa shape index (κ1) is 16.5. The Labute approximate surface area is 113 Å². The Bertz CT molecular complexity index is 347. The molecular weight excluding hydrogens is 270 g/mol. The molecule has 1 aliphatic heterocycles. The van der Waals surface area contributed by atoms with E-state index >= 15 is 0 Å². The van der Waals surface area contributed by atoms with E-state index in [-0.39, 0.29) is 0 Å². The van der Waals surface area contributed by atoms with Gasteiger partial charge in [-0.1, -0.05) is 19.6 Å². The van der Waals surface area contributed by atoms with Gasteiger partial charge in [0.25, 0.3) is 0 Å². The maximum atomic E-state index is 11.2. The molecule has 1 rings (SSSR count). The van der Waals surface area contributed by atoms with E-state index < -0.39 is 50.4 Å². The lowest BCUT2D eigenvalue weighted by Gasteiger charge is -2.52. The fourth-order valence-corrected chi connectivity index (χ4v) is 3.89. The highest BCUT2D eigenvalue weighted by Crippen LogP contribution is 2.35. The monoisotopic (exact) mass is 293 g/mol. The molecule has 1 amide bonds. The fourth-order valence-electron chi connectivity index (χ4n) is 2.21. The first-order valence-electron chi connectivity index (χ1n) is 6.19. The van der Waals surface area contributed by atoms with E-state index in [1.54, 1.807) is 19.6 Å². The minimum atomic E-state index is -2.40. The van der Waals surface area contributed by atoms with Crippen molar-refractivity contribution < 1.29 is 30.0 Å². The lowest BCUT2D eigenvalue weighted by molar-refractivity contribution is -0.283. The maximum absolute atomic E-state index is 11.2. The van der Waals surface area contributed by atoms with Crippen LogP contribution >= 0.6 is 0 Å². The van der Waals surface area contributed by atoms with E-state index in [4.69, 9.17) is 9.84 Å². The van der Waals surface area contributed by atoms with Gasteiger partial charge in [0.15, 0.2) is 5.41 Å². The molecule has 1 aliphatic rings. The Balaban J connectivity index is 3.17. The quantitative estimate of drug-likeness (QED) is 0.391. The van der Waals surface area contributed by atoms with Gasteiger partial charge in [-0.05, 0) is 0 Å². The van der Waals surface area contributed by atoms with Crippen molar-refractivity contribution in [3.8, 4) is 0 Å². The molecule has 0 aromatic carbocycles. The van der Waals surface area contributed by atoms with Gasteiger partial charge in [-0.25, -0.2) is 0 Å². The van der Waals surface area contributed by atoms with Gasteiger partial charge in [0.05, 0.1) is 6.61 Å². The third-order valence-corrected chi connectivity index (χ3v) is 6.02. The van der Waals surface area contributed by atoms with Crippen LogP contribution in [0.15, 0.2) is 0 Å². The normalized spacial score (nSPS) is 40.0. The lowest BCUT2D eigenvalue weighted by atomic mass is 9.96. The highest BCUT2D eigenvalue weighted by atomic mass is 28.3. The van der Waals surface area contributed by atoms with Crippen LogP contribution in [0.25, 0.3) is 0 Å². The van der Waals surface area contributed by atoms with Gasteiger partial charge >= 0.3 is 0 Å². The van der Waals surface area contributed by atoms with Crippen molar-refractivity contribution in [1.82, 2.24) is 5.32 Å². The number of rotatable bonds is 3. The van der Waals surface area contributed by atoms with Crippen molar-refractivity contribution in [3.63, 3.8) is 0 Å². The SMILES string of the molecule is CC(=O)N[C@@H]1[C@@H](O)[C@H](O)[C@@H](CO)OC1(O)[Si](C)(C)C. The molecule has 8 heteroatoms. The summed E-state index contributed by atoms with van der Waals surface area (Å²) in [4.78, 5) is 11.2. The fraction of sp³-hybridized carbons (Fsp3) is 0.909. The van der Waals surface area contributed by atoms with Crippen molar-refractivity contribution >= 4 is 14.0 Å². The van der Waals surface area contributed by atoms with Gasteiger partial charge in [0.2, 0.25) is 5.91 Å². The summed E-state index contributed by atoms with van der Waals surface area (Å²) in [6.45, 7) is 6.14. The number of amides is 1. The summed E-state index contributed by atoms with van der Waals surface area (Å²) in [5, 5.41) is 42.3. The first-order chi connectivity index (χ1) is 8.54. The number of aliphatic hydroxyl groups excluding tert-OH is 3. The number of hydrogen-bond donors (Lipinski definition) is 5. The Kier molecular flexibility index (Phi) is 4.76. The van der Waals surface area contributed by atoms with Crippen LogP contribution < -0.4 is 5.32 Å². The molecule has 1 saturated heterocycles. The van der Waals surface area contributed by atoms with Crippen LogP contribution in [0.5, 0.6) is 0 Å². The standard InChI is InChI=1S/C11H23NO6Si/c1-6(14)12-10-9(16)8(15)7(5-13)18-11(10,17)19(2,3)4/h7-10,13,15-17H,5H2,1-4H3,(H,12,14)/t7-,8-,9+,10-,11?/m1/s1. The second kappa shape index (κ2) is 5.47. The molecule has 0 aromatic rings. The molecule has 7 nitrogen and oxygen atoms in total. The van der Waals surface area contributed by atoms with E-state index in [2.05, 4.69) is 5.32 Å². The zero-order valence-electron chi connectivity index (χ0n) is 11.6. The zero-order chi connectivity index (χ0) is 15.0. The maximum Gasteiger partial charge on any atom is 0.217 e. The summed E-state index contributed by atoms with van der Waals surface area (Å²) in [6, 6.07) is -1.13. The highest BCUT2D eigenvalue weighted by Gasteiger charge is 2.59. The minimum Gasteiger partial charge on any atom is -0.394 e. The van der Waals surface area contributed by atoms with Crippen molar-refractivity contribution in [2.75, 3.05) is 6.61 Å². The largest absolute Gasteiger partial charge is 0.394 e. The Hall–Kier alpha value is -0.513. The molecule has 5 atom stereocenters. The van der Waals surface area contributed by atoms with Crippen LogP contribution in [0, 0.1) is 0 Å². The highest BCUT2D eigenvalue weighted by molar-refractivity contribution is 6.78. The number of carbonyl (C=O) groups excluding carboxylic acids is 1. The molecular formula is C11H23NO6Si. The number of ether oxygens (including phenoxy) is 1. The topological polar surface area (TPSA) is 119 Å². The van der Waals surface area contributed by atoms with Gasteiger partial charge in [-0.15, -0.1) is 0 Å². The Morgan fingerprint density at radius 2 is 1.84 bits per heavy atom. The van der Waals surface area contributed by atoms with Crippen molar-refractivity contribution in [1.29, 1.82) is 0 Å². The van der Waals surface area contributed by atoms with Crippen LogP contribution in [0.1, 0.15) is 6.92 Å².